The zero-order valence-corrected chi connectivity index (χ0v) is 10.3. The molecule has 1 aromatic carbocycles. The summed E-state index contributed by atoms with van der Waals surface area (Å²) < 4.78 is 13.5. The molecule has 19 heavy (non-hydrogen) atoms. The summed E-state index contributed by atoms with van der Waals surface area (Å²) in [4.78, 5) is 15.7. The number of pyridine rings is 1. The van der Waals surface area contributed by atoms with Crippen molar-refractivity contribution in [3.05, 3.63) is 59.7 Å². The van der Waals surface area contributed by atoms with Crippen molar-refractivity contribution in [3.63, 3.8) is 0 Å². The largest absolute Gasteiger partial charge is 0.399 e. The maximum Gasteiger partial charge on any atom is 0.254 e. The van der Waals surface area contributed by atoms with Crippen LogP contribution in [0.25, 0.3) is 0 Å². The van der Waals surface area contributed by atoms with Crippen LogP contribution in [0.2, 0.25) is 0 Å². The lowest BCUT2D eigenvalue weighted by Gasteiger charge is -2.06. The zero-order valence-electron chi connectivity index (χ0n) is 10.3. The van der Waals surface area contributed by atoms with Crippen LogP contribution in [0.3, 0.4) is 0 Å². The molecule has 0 fully saturated rings. The van der Waals surface area contributed by atoms with E-state index in [2.05, 4.69) is 10.3 Å². The molecule has 2 rings (SSSR count). The summed E-state index contributed by atoms with van der Waals surface area (Å²) in [5.41, 5.74) is 6.74. The van der Waals surface area contributed by atoms with Gasteiger partial charge in [0, 0.05) is 24.6 Å². The number of carbonyl (C=O) groups is 1. The summed E-state index contributed by atoms with van der Waals surface area (Å²) in [6, 6.07) is 7.76. The Bertz CT molecular complexity index is 572. The van der Waals surface area contributed by atoms with Gasteiger partial charge in [-0.3, -0.25) is 9.78 Å². The van der Waals surface area contributed by atoms with Gasteiger partial charge in [-0.2, -0.15) is 0 Å². The average molecular weight is 259 g/mol. The molecule has 2 aromatic rings. The fourth-order valence-electron chi connectivity index (χ4n) is 1.68. The maximum absolute atomic E-state index is 13.5. The Kier molecular flexibility index (Phi) is 4.07. The minimum Gasteiger partial charge on any atom is -0.399 e. The molecule has 4 nitrogen and oxygen atoms in total. The van der Waals surface area contributed by atoms with Crippen LogP contribution >= 0.6 is 0 Å². The molecule has 0 saturated heterocycles. The molecule has 0 aliphatic rings. The van der Waals surface area contributed by atoms with Crippen molar-refractivity contribution in [3.8, 4) is 0 Å². The Balaban J connectivity index is 1.91. The number of hydrogen-bond acceptors (Lipinski definition) is 3. The summed E-state index contributed by atoms with van der Waals surface area (Å²) in [6.07, 6.45) is 4.07. The fourth-order valence-corrected chi connectivity index (χ4v) is 1.68. The van der Waals surface area contributed by atoms with E-state index in [9.17, 15) is 9.18 Å². The summed E-state index contributed by atoms with van der Waals surface area (Å²) in [6.45, 7) is 0.425. The van der Waals surface area contributed by atoms with Crippen molar-refractivity contribution < 1.29 is 9.18 Å². The molecule has 0 aliphatic heterocycles. The molecule has 98 valence electrons. The van der Waals surface area contributed by atoms with Gasteiger partial charge in [0.1, 0.15) is 5.82 Å². The van der Waals surface area contributed by atoms with Crippen molar-refractivity contribution in [2.24, 2.45) is 0 Å². The maximum atomic E-state index is 13.5. The lowest BCUT2D eigenvalue weighted by atomic mass is 10.1. The summed E-state index contributed by atoms with van der Waals surface area (Å²) in [7, 11) is 0. The predicted molar refractivity (Wildman–Crippen MR) is 71.1 cm³/mol. The van der Waals surface area contributed by atoms with Crippen LogP contribution in [0.15, 0.2) is 42.7 Å². The van der Waals surface area contributed by atoms with Gasteiger partial charge in [0.25, 0.3) is 5.91 Å². The first-order chi connectivity index (χ1) is 9.16. The van der Waals surface area contributed by atoms with Gasteiger partial charge in [-0.1, -0.05) is 6.07 Å². The van der Waals surface area contributed by atoms with Crippen LogP contribution in [-0.2, 0) is 6.42 Å². The van der Waals surface area contributed by atoms with Crippen LogP contribution in [0.4, 0.5) is 10.1 Å². The van der Waals surface area contributed by atoms with Gasteiger partial charge < -0.3 is 11.1 Å². The molecule has 1 aromatic heterocycles. The molecule has 1 heterocycles. The highest BCUT2D eigenvalue weighted by Gasteiger charge is 2.10. The van der Waals surface area contributed by atoms with Crippen molar-refractivity contribution in [1.82, 2.24) is 10.3 Å². The number of nitrogens with two attached hydrogens (primary N) is 1. The van der Waals surface area contributed by atoms with E-state index in [0.717, 1.165) is 11.6 Å². The van der Waals surface area contributed by atoms with Crippen LogP contribution < -0.4 is 11.1 Å². The average Bonchev–Trinajstić information content (AvgIpc) is 2.39. The Morgan fingerprint density at radius 3 is 2.89 bits per heavy atom. The highest BCUT2D eigenvalue weighted by Crippen LogP contribution is 2.11. The molecule has 0 unspecified atom stereocenters. The number of halogens is 1. The van der Waals surface area contributed by atoms with E-state index in [-0.39, 0.29) is 5.56 Å². The van der Waals surface area contributed by atoms with Gasteiger partial charge in [-0.25, -0.2) is 4.39 Å². The Morgan fingerprint density at radius 2 is 2.21 bits per heavy atom. The number of amides is 1. The fraction of sp³-hybridized carbons (Fsp3) is 0.143. The smallest absolute Gasteiger partial charge is 0.254 e. The summed E-state index contributed by atoms with van der Waals surface area (Å²) in [5.74, 6) is -1.06. The number of anilines is 1. The number of aromatic nitrogens is 1. The normalized spacial score (nSPS) is 10.2. The van der Waals surface area contributed by atoms with Crippen LogP contribution in [0, 0.1) is 5.82 Å². The molecule has 0 radical (unpaired) electrons. The second-order valence-electron chi connectivity index (χ2n) is 4.11. The molecule has 1 amide bonds. The molecule has 0 saturated carbocycles. The third-order valence-electron chi connectivity index (χ3n) is 2.66. The Labute approximate surface area is 110 Å². The Hall–Kier alpha value is -2.43. The van der Waals surface area contributed by atoms with E-state index in [1.165, 1.54) is 12.1 Å². The lowest BCUT2D eigenvalue weighted by Crippen LogP contribution is -2.26. The van der Waals surface area contributed by atoms with E-state index in [1.807, 2.05) is 12.1 Å². The Morgan fingerprint density at radius 1 is 1.37 bits per heavy atom. The zero-order chi connectivity index (χ0) is 13.7. The van der Waals surface area contributed by atoms with Gasteiger partial charge in [0.2, 0.25) is 0 Å². The summed E-state index contributed by atoms with van der Waals surface area (Å²) >= 11 is 0. The molecule has 0 atom stereocenters. The van der Waals surface area contributed by atoms with Crippen LogP contribution in [0.5, 0.6) is 0 Å². The first-order valence-corrected chi connectivity index (χ1v) is 5.89. The standard InChI is InChI=1S/C14H14FN3O/c15-13-8-11(16)3-4-12(13)14(19)18-7-5-10-2-1-6-17-9-10/h1-4,6,8-9H,5,7,16H2,(H,18,19). The third kappa shape index (κ3) is 3.51. The number of nitrogen functional groups attached to an aromatic ring is 1. The van der Waals surface area contributed by atoms with E-state index in [4.69, 9.17) is 5.73 Å². The van der Waals surface area contributed by atoms with E-state index < -0.39 is 11.7 Å². The number of rotatable bonds is 4. The van der Waals surface area contributed by atoms with Gasteiger partial charge in [-0.15, -0.1) is 0 Å². The number of nitrogens with zero attached hydrogens (tertiary/aromatic N) is 1. The van der Waals surface area contributed by atoms with E-state index in [1.54, 1.807) is 12.4 Å². The minimum absolute atomic E-state index is 0.000358. The second-order valence-corrected chi connectivity index (χ2v) is 4.11. The second kappa shape index (κ2) is 5.95. The topological polar surface area (TPSA) is 68.0 Å². The van der Waals surface area contributed by atoms with E-state index >= 15 is 0 Å². The molecule has 0 spiro atoms. The van der Waals surface area contributed by atoms with Crippen LogP contribution in [-0.4, -0.2) is 17.4 Å². The molecule has 0 aliphatic carbocycles. The van der Waals surface area contributed by atoms with Crippen LogP contribution in [0.1, 0.15) is 15.9 Å². The number of nitrogens with one attached hydrogen (secondary N) is 1. The molecule has 3 N–H and O–H groups in total. The van der Waals surface area contributed by atoms with E-state index in [0.29, 0.717) is 18.7 Å². The highest BCUT2D eigenvalue weighted by atomic mass is 19.1. The number of hydrogen-bond donors (Lipinski definition) is 2. The van der Waals surface area contributed by atoms with Crippen molar-refractivity contribution in [1.29, 1.82) is 0 Å². The first-order valence-electron chi connectivity index (χ1n) is 5.89. The third-order valence-corrected chi connectivity index (χ3v) is 2.66. The van der Waals surface area contributed by atoms with Gasteiger partial charge in [0.15, 0.2) is 0 Å². The number of benzene rings is 1. The SMILES string of the molecule is Nc1ccc(C(=O)NCCc2cccnc2)c(F)c1. The lowest BCUT2D eigenvalue weighted by molar-refractivity contribution is 0.0950. The monoisotopic (exact) mass is 259 g/mol. The van der Waals surface area contributed by atoms with Gasteiger partial charge >= 0.3 is 0 Å². The summed E-state index contributed by atoms with van der Waals surface area (Å²) in [5, 5.41) is 2.66. The van der Waals surface area contributed by atoms with Crippen molar-refractivity contribution in [2.45, 2.75) is 6.42 Å². The first kappa shape index (κ1) is 13.0. The van der Waals surface area contributed by atoms with Crippen molar-refractivity contribution in [2.75, 3.05) is 12.3 Å². The molecule has 0 bridgehead atoms. The molecular formula is C14H14FN3O. The molecule has 5 heteroatoms. The van der Waals surface area contributed by atoms with Gasteiger partial charge in [-0.05, 0) is 36.2 Å². The predicted octanol–water partition coefficient (Wildman–Crippen LogP) is 1.78. The number of carbonyl (C=O) groups excluding carboxylic acids is 1. The molecular weight excluding hydrogens is 245 g/mol. The van der Waals surface area contributed by atoms with Gasteiger partial charge in [0.05, 0.1) is 5.56 Å². The minimum atomic E-state index is -0.612. The highest BCUT2D eigenvalue weighted by molar-refractivity contribution is 5.94. The quantitative estimate of drug-likeness (QED) is 0.822. The van der Waals surface area contributed by atoms with Crippen molar-refractivity contribution >= 4 is 11.6 Å².